The van der Waals surface area contributed by atoms with Gasteiger partial charge in [0.1, 0.15) is 6.61 Å². The van der Waals surface area contributed by atoms with Crippen molar-refractivity contribution in [1.29, 1.82) is 0 Å². The van der Waals surface area contributed by atoms with Crippen molar-refractivity contribution in [2.75, 3.05) is 19.8 Å². The second-order valence-electron chi connectivity index (χ2n) is 6.45. The van der Waals surface area contributed by atoms with E-state index in [2.05, 4.69) is 10.1 Å². The maximum atomic E-state index is 12.4. The summed E-state index contributed by atoms with van der Waals surface area (Å²) in [5, 5.41) is 59.1. The molecule has 13 heteroatoms. The van der Waals surface area contributed by atoms with Gasteiger partial charge < -0.3 is 50.2 Å². The van der Waals surface area contributed by atoms with E-state index in [1.807, 2.05) is 0 Å². The first-order chi connectivity index (χ1) is 15.5. The van der Waals surface area contributed by atoms with Crippen LogP contribution in [0.25, 0.3) is 0 Å². The summed E-state index contributed by atoms with van der Waals surface area (Å²) in [6.45, 7) is 0.631. The molecule has 178 valence electrons. The number of rotatable bonds is 8. The standard InChI is InChI=1S/C20H21NO12/c1-2-31-20(30)21-7-11(33-19(29)10-5-14(24)17(27)15(25)6-10)8-32-18(28)9-3-12(22)16(26)13(23)4-9/h3-6,11,22-27H,2,7-8H2,1H3,(H,21,30). The first-order valence-electron chi connectivity index (χ1n) is 9.32. The molecular weight excluding hydrogens is 446 g/mol. The largest absolute Gasteiger partial charge is 0.504 e. The average molecular weight is 467 g/mol. The summed E-state index contributed by atoms with van der Waals surface area (Å²) in [5.74, 6) is -6.99. The predicted octanol–water partition coefficient (Wildman–Crippen LogP) is 1.05. The lowest BCUT2D eigenvalue weighted by Gasteiger charge is -2.19. The Balaban J connectivity index is 2.13. The van der Waals surface area contributed by atoms with E-state index in [-0.39, 0.29) is 24.3 Å². The molecule has 1 atom stereocenters. The van der Waals surface area contributed by atoms with Crippen LogP contribution in [0.5, 0.6) is 34.5 Å². The Kier molecular flexibility index (Phi) is 7.98. The highest BCUT2D eigenvalue weighted by molar-refractivity contribution is 5.92. The Hall–Kier alpha value is -4.55. The first-order valence-corrected chi connectivity index (χ1v) is 9.32. The number of ether oxygens (including phenoxy) is 3. The topological polar surface area (TPSA) is 212 Å². The molecule has 0 aromatic heterocycles. The SMILES string of the molecule is CCOC(=O)NCC(COC(=O)c1cc(O)c(O)c(O)c1)OC(=O)c1cc(O)c(O)c(O)c1. The third-order valence-electron chi connectivity index (χ3n) is 4.03. The zero-order valence-electron chi connectivity index (χ0n) is 17.1. The molecule has 2 rings (SSSR count). The van der Waals surface area contributed by atoms with E-state index in [9.17, 15) is 45.0 Å². The van der Waals surface area contributed by atoms with Gasteiger partial charge in [-0.15, -0.1) is 0 Å². The van der Waals surface area contributed by atoms with Crippen LogP contribution in [0, 0.1) is 0 Å². The number of esters is 2. The molecule has 0 bridgehead atoms. The zero-order valence-corrected chi connectivity index (χ0v) is 17.1. The highest BCUT2D eigenvalue weighted by Crippen LogP contribution is 2.36. The van der Waals surface area contributed by atoms with Crippen LogP contribution in [0.2, 0.25) is 0 Å². The third-order valence-corrected chi connectivity index (χ3v) is 4.03. The summed E-state index contributed by atoms with van der Waals surface area (Å²) in [6.07, 6.45) is -2.14. The minimum atomic E-state index is -1.29. The molecule has 33 heavy (non-hydrogen) atoms. The first kappa shape index (κ1) is 24.7. The summed E-state index contributed by atoms with van der Waals surface area (Å²) < 4.78 is 14.8. The van der Waals surface area contributed by atoms with E-state index in [0.717, 1.165) is 24.3 Å². The fraction of sp³-hybridized carbons (Fsp3) is 0.250. The number of hydrogen-bond acceptors (Lipinski definition) is 12. The minimum absolute atomic E-state index is 0.0607. The normalized spacial score (nSPS) is 11.3. The summed E-state index contributed by atoms with van der Waals surface area (Å²) in [5.41, 5.74) is -0.691. The van der Waals surface area contributed by atoms with Gasteiger partial charge in [0.15, 0.2) is 40.6 Å². The van der Waals surface area contributed by atoms with Gasteiger partial charge in [-0.3, -0.25) is 0 Å². The Morgan fingerprint density at radius 1 is 0.788 bits per heavy atom. The van der Waals surface area contributed by atoms with Crippen molar-refractivity contribution >= 4 is 18.0 Å². The van der Waals surface area contributed by atoms with Gasteiger partial charge in [0, 0.05) is 0 Å². The Bertz CT molecular complexity index is 1010. The number of amides is 1. The number of nitrogens with one attached hydrogen (secondary N) is 1. The van der Waals surface area contributed by atoms with Gasteiger partial charge in [-0.25, -0.2) is 14.4 Å². The van der Waals surface area contributed by atoms with E-state index < -0.39 is 65.2 Å². The van der Waals surface area contributed by atoms with Gasteiger partial charge in [0.25, 0.3) is 0 Å². The number of carbonyl (C=O) groups excluding carboxylic acids is 3. The van der Waals surface area contributed by atoms with Crippen LogP contribution < -0.4 is 5.32 Å². The van der Waals surface area contributed by atoms with Crippen LogP contribution in [0.15, 0.2) is 24.3 Å². The lowest BCUT2D eigenvalue weighted by molar-refractivity contribution is -0.000307. The fourth-order valence-corrected chi connectivity index (χ4v) is 2.43. The van der Waals surface area contributed by atoms with Crippen molar-refractivity contribution < 1.29 is 59.2 Å². The summed E-state index contributed by atoms with van der Waals surface area (Å²) in [4.78, 5) is 36.1. The molecule has 0 aliphatic rings. The monoisotopic (exact) mass is 467 g/mol. The second kappa shape index (κ2) is 10.7. The van der Waals surface area contributed by atoms with Gasteiger partial charge in [-0.1, -0.05) is 0 Å². The smallest absolute Gasteiger partial charge is 0.407 e. The number of benzene rings is 2. The summed E-state index contributed by atoms with van der Waals surface area (Å²) in [6, 6.07) is 3.30. The van der Waals surface area contributed by atoms with Gasteiger partial charge in [0.2, 0.25) is 0 Å². The quantitative estimate of drug-likeness (QED) is 0.165. The number of alkyl carbamates (subject to hydrolysis) is 1. The maximum absolute atomic E-state index is 12.4. The predicted molar refractivity (Wildman–Crippen MR) is 107 cm³/mol. The summed E-state index contributed by atoms with van der Waals surface area (Å²) in [7, 11) is 0. The molecular formula is C20H21NO12. The van der Waals surface area contributed by atoms with E-state index in [1.165, 1.54) is 0 Å². The van der Waals surface area contributed by atoms with Crippen LogP contribution in [0.1, 0.15) is 27.6 Å². The van der Waals surface area contributed by atoms with Crippen molar-refractivity contribution in [2.45, 2.75) is 13.0 Å². The molecule has 1 amide bonds. The van der Waals surface area contributed by atoms with Crippen molar-refractivity contribution in [2.24, 2.45) is 0 Å². The number of carbonyl (C=O) groups is 3. The Morgan fingerprint density at radius 2 is 1.24 bits per heavy atom. The Labute approximate surface area is 186 Å². The Morgan fingerprint density at radius 3 is 1.70 bits per heavy atom. The average Bonchev–Trinajstić information content (AvgIpc) is 2.76. The molecule has 2 aromatic carbocycles. The lowest BCUT2D eigenvalue weighted by atomic mass is 10.2. The van der Waals surface area contributed by atoms with Crippen LogP contribution in [0.4, 0.5) is 4.79 Å². The molecule has 1 unspecified atom stereocenters. The molecule has 7 N–H and O–H groups in total. The molecule has 13 nitrogen and oxygen atoms in total. The fourth-order valence-electron chi connectivity index (χ4n) is 2.43. The number of phenolic OH excluding ortho intramolecular Hbond substituents is 6. The maximum Gasteiger partial charge on any atom is 0.407 e. The highest BCUT2D eigenvalue weighted by Gasteiger charge is 2.23. The molecule has 0 saturated carbocycles. The number of hydrogen-bond donors (Lipinski definition) is 7. The van der Waals surface area contributed by atoms with Gasteiger partial charge in [-0.2, -0.15) is 0 Å². The van der Waals surface area contributed by atoms with Crippen molar-refractivity contribution in [3.05, 3.63) is 35.4 Å². The molecule has 0 saturated heterocycles. The number of aromatic hydroxyl groups is 6. The zero-order chi connectivity index (χ0) is 24.7. The van der Waals surface area contributed by atoms with Gasteiger partial charge in [0.05, 0.1) is 24.3 Å². The van der Waals surface area contributed by atoms with E-state index >= 15 is 0 Å². The third kappa shape index (κ3) is 6.46. The second-order valence-corrected chi connectivity index (χ2v) is 6.45. The van der Waals surface area contributed by atoms with Crippen LogP contribution in [-0.2, 0) is 14.2 Å². The molecule has 0 spiro atoms. The van der Waals surface area contributed by atoms with Crippen molar-refractivity contribution in [1.82, 2.24) is 5.32 Å². The molecule has 0 fully saturated rings. The van der Waals surface area contributed by atoms with Crippen molar-refractivity contribution in [3.8, 4) is 34.5 Å². The van der Waals surface area contributed by atoms with Crippen LogP contribution >= 0.6 is 0 Å². The highest BCUT2D eigenvalue weighted by atomic mass is 16.6. The van der Waals surface area contributed by atoms with Crippen LogP contribution in [-0.4, -0.2) is 74.5 Å². The van der Waals surface area contributed by atoms with Crippen LogP contribution in [0.3, 0.4) is 0 Å². The van der Waals surface area contributed by atoms with Gasteiger partial charge in [-0.05, 0) is 31.2 Å². The summed E-state index contributed by atoms with van der Waals surface area (Å²) >= 11 is 0. The minimum Gasteiger partial charge on any atom is -0.504 e. The molecule has 0 aliphatic heterocycles. The van der Waals surface area contributed by atoms with Gasteiger partial charge >= 0.3 is 18.0 Å². The molecule has 2 aromatic rings. The molecule has 0 aliphatic carbocycles. The van der Waals surface area contributed by atoms with Crippen molar-refractivity contribution in [3.63, 3.8) is 0 Å². The molecule has 0 radical (unpaired) electrons. The van der Waals surface area contributed by atoms with E-state index in [0.29, 0.717) is 0 Å². The number of phenols is 6. The van der Waals surface area contributed by atoms with E-state index in [1.54, 1.807) is 6.92 Å². The molecule has 0 heterocycles. The lowest BCUT2D eigenvalue weighted by Crippen LogP contribution is -2.38. The van der Waals surface area contributed by atoms with E-state index in [4.69, 9.17) is 9.47 Å².